The first-order chi connectivity index (χ1) is 11.1. The number of halogens is 1. The first-order valence-corrected chi connectivity index (χ1v) is 8.45. The van der Waals surface area contributed by atoms with Crippen molar-refractivity contribution in [2.75, 3.05) is 12.3 Å². The summed E-state index contributed by atoms with van der Waals surface area (Å²) in [6.07, 6.45) is 0. The molecule has 1 amide bonds. The molecule has 0 unspecified atom stereocenters. The highest BCUT2D eigenvalue weighted by molar-refractivity contribution is 7.98. The summed E-state index contributed by atoms with van der Waals surface area (Å²) in [6, 6.07) is 13.9. The number of carbonyl (C=O) groups excluding carboxylic acids is 1. The Morgan fingerprint density at radius 2 is 1.96 bits per heavy atom. The van der Waals surface area contributed by atoms with E-state index in [9.17, 15) is 14.9 Å². The van der Waals surface area contributed by atoms with E-state index in [1.807, 2.05) is 18.2 Å². The van der Waals surface area contributed by atoms with Crippen LogP contribution >= 0.6 is 23.4 Å². The fraction of sp³-hybridized carbons (Fsp3) is 0.188. The van der Waals surface area contributed by atoms with Gasteiger partial charge in [-0.05, 0) is 11.6 Å². The highest BCUT2D eigenvalue weighted by Gasteiger charge is 2.15. The van der Waals surface area contributed by atoms with Gasteiger partial charge in [0.25, 0.3) is 11.6 Å². The van der Waals surface area contributed by atoms with Gasteiger partial charge in [-0.15, -0.1) is 0 Å². The Kier molecular flexibility index (Phi) is 6.43. The lowest BCUT2D eigenvalue weighted by molar-refractivity contribution is -0.384. The number of amides is 1. The molecule has 0 saturated carbocycles. The molecule has 0 saturated heterocycles. The predicted octanol–water partition coefficient (Wildman–Crippen LogP) is 3.91. The molecule has 0 fully saturated rings. The maximum atomic E-state index is 12.0. The summed E-state index contributed by atoms with van der Waals surface area (Å²) in [5.74, 6) is 1.21. The maximum absolute atomic E-state index is 12.0. The van der Waals surface area contributed by atoms with Gasteiger partial charge in [0.05, 0.1) is 15.5 Å². The van der Waals surface area contributed by atoms with E-state index in [2.05, 4.69) is 17.4 Å². The summed E-state index contributed by atoms with van der Waals surface area (Å²) in [7, 11) is 0. The Balaban J connectivity index is 1.81. The SMILES string of the molecule is O=C(NCCSCc1ccccc1)c1cc([N+](=O)[O-])ccc1Cl. The standard InChI is InChI=1S/C16H15ClN2O3S/c17-15-7-6-13(19(21)22)10-14(15)16(20)18-8-9-23-11-12-4-2-1-3-5-12/h1-7,10H,8-9,11H2,(H,18,20). The number of nitro benzene ring substituents is 1. The summed E-state index contributed by atoms with van der Waals surface area (Å²) in [5, 5.41) is 13.7. The molecule has 2 aromatic carbocycles. The van der Waals surface area contributed by atoms with Gasteiger partial charge in [-0.3, -0.25) is 14.9 Å². The van der Waals surface area contributed by atoms with Crippen LogP contribution in [0.25, 0.3) is 0 Å². The van der Waals surface area contributed by atoms with Crippen LogP contribution in [0.3, 0.4) is 0 Å². The van der Waals surface area contributed by atoms with Crippen molar-refractivity contribution in [1.29, 1.82) is 0 Å². The molecule has 0 aromatic heterocycles. The summed E-state index contributed by atoms with van der Waals surface area (Å²) < 4.78 is 0. The number of rotatable bonds is 7. The summed E-state index contributed by atoms with van der Waals surface area (Å²) in [4.78, 5) is 22.2. The molecular formula is C16H15ClN2O3S. The lowest BCUT2D eigenvalue weighted by atomic mass is 10.2. The van der Waals surface area contributed by atoms with Crippen LogP contribution in [-0.2, 0) is 5.75 Å². The van der Waals surface area contributed by atoms with Gasteiger partial charge in [-0.1, -0.05) is 41.9 Å². The van der Waals surface area contributed by atoms with E-state index in [1.54, 1.807) is 11.8 Å². The summed E-state index contributed by atoms with van der Waals surface area (Å²) >= 11 is 7.63. The van der Waals surface area contributed by atoms with E-state index in [0.29, 0.717) is 6.54 Å². The number of nitro groups is 1. The van der Waals surface area contributed by atoms with Crippen molar-refractivity contribution in [1.82, 2.24) is 5.32 Å². The van der Waals surface area contributed by atoms with Crippen LogP contribution in [0.1, 0.15) is 15.9 Å². The zero-order chi connectivity index (χ0) is 16.7. The number of hydrogen-bond acceptors (Lipinski definition) is 4. The third-order valence-corrected chi connectivity index (χ3v) is 4.41. The predicted molar refractivity (Wildman–Crippen MR) is 93.0 cm³/mol. The topological polar surface area (TPSA) is 72.2 Å². The number of hydrogen-bond donors (Lipinski definition) is 1. The van der Waals surface area contributed by atoms with Crippen LogP contribution < -0.4 is 5.32 Å². The largest absolute Gasteiger partial charge is 0.351 e. The molecule has 0 radical (unpaired) electrons. The van der Waals surface area contributed by atoms with E-state index in [0.717, 1.165) is 11.5 Å². The van der Waals surface area contributed by atoms with Gasteiger partial charge in [0.15, 0.2) is 0 Å². The van der Waals surface area contributed by atoms with Crippen LogP contribution in [0.2, 0.25) is 5.02 Å². The summed E-state index contributed by atoms with van der Waals surface area (Å²) in [5.41, 5.74) is 1.19. The minimum Gasteiger partial charge on any atom is -0.351 e. The zero-order valence-electron chi connectivity index (χ0n) is 12.2. The lowest BCUT2D eigenvalue weighted by Gasteiger charge is -2.07. The van der Waals surface area contributed by atoms with E-state index in [4.69, 9.17) is 11.6 Å². The van der Waals surface area contributed by atoms with Crippen LogP contribution in [0.5, 0.6) is 0 Å². The van der Waals surface area contributed by atoms with Gasteiger partial charge >= 0.3 is 0 Å². The van der Waals surface area contributed by atoms with E-state index in [-0.39, 0.29) is 16.3 Å². The lowest BCUT2D eigenvalue weighted by Crippen LogP contribution is -2.26. The zero-order valence-corrected chi connectivity index (χ0v) is 13.8. The van der Waals surface area contributed by atoms with Crippen molar-refractivity contribution in [2.24, 2.45) is 0 Å². The number of nitrogens with one attached hydrogen (secondary N) is 1. The smallest absolute Gasteiger partial charge is 0.270 e. The minimum atomic E-state index is -0.553. The number of nitrogens with zero attached hydrogens (tertiary/aromatic N) is 1. The first-order valence-electron chi connectivity index (χ1n) is 6.92. The molecule has 0 aliphatic heterocycles. The molecule has 120 valence electrons. The molecule has 0 bridgehead atoms. The highest BCUT2D eigenvalue weighted by Crippen LogP contribution is 2.22. The molecule has 7 heteroatoms. The first kappa shape index (κ1) is 17.3. The number of benzene rings is 2. The molecule has 0 spiro atoms. The van der Waals surface area contributed by atoms with Gasteiger partial charge in [-0.25, -0.2) is 0 Å². The molecule has 0 aliphatic carbocycles. The van der Waals surface area contributed by atoms with Gasteiger partial charge in [0.1, 0.15) is 0 Å². The number of carbonyl (C=O) groups is 1. The molecule has 0 atom stereocenters. The van der Waals surface area contributed by atoms with Gasteiger partial charge in [0.2, 0.25) is 0 Å². The monoisotopic (exact) mass is 350 g/mol. The Morgan fingerprint density at radius 3 is 2.65 bits per heavy atom. The molecule has 23 heavy (non-hydrogen) atoms. The van der Waals surface area contributed by atoms with Crippen molar-refractivity contribution < 1.29 is 9.72 Å². The fourth-order valence-electron chi connectivity index (χ4n) is 1.90. The van der Waals surface area contributed by atoms with Crippen LogP contribution in [0.4, 0.5) is 5.69 Å². The average molecular weight is 351 g/mol. The molecule has 0 heterocycles. The van der Waals surface area contributed by atoms with Gasteiger partial charge in [0, 0.05) is 30.2 Å². The molecular weight excluding hydrogens is 336 g/mol. The Morgan fingerprint density at radius 1 is 1.22 bits per heavy atom. The number of non-ortho nitro benzene ring substituents is 1. The maximum Gasteiger partial charge on any atom is 0.270 e. The third-order valence-electron chi connectivity index (χ3n) is 3.05. The Labute approximate surface area is 143 Å². The van der Waals surface area contributed by atoms with Crippen LogP contribution in [0, 0.1) is 10.1 Å². The van der Waals surface area contributed by atoms with E-state index >= 15 is 0 Å². The second kappa shape index (κ2) is 8.55. The fourth-order valence-corrected chi connectivity index (χ4v) is 2.92. The van der Waals surface area contributed by atoms with Crippen LogP contribution in [0.15, 0.2) is 48.5 Å². The molecule has 0 aliphatic rings. The second-order valence-corrected chi connectivity index (χ2v) is 6.23. The molecule has 5 nitrogen and oxygen atoms in total. The molecule has 2 rings (SSSR count). The van der Waals surface area contributed by atoms with Gasteiger partial charge < -0.3 is 5.32 Å². The van der Waals surface area contributed by atoms with Crippen LogP contribution in [-0.4, -0.2) is 23.1 Å². The highest BCUT2D eigenvalue weighted by atomic mass is 35.5. The van der Waals surface area contributed by atoms with E-state index < -0.39 is 10.8 Å². The summed E-state index contributed by atoms with van der Waals surface area (Å²) in [6.45, 7) is 0.468. The minimum absolute atomic E-state index is 0.119. The normalized spacial score (nSPS) is 10.3. The average Bonchev–Trinajstić information content (AvgIpc) is 2.55. The van der Waals surface area contributed by atoms with Crippen molar-refractivity contribution in [3.05, 3.63) is 74.8 Å². The second-order valence-electron chi connectivity index (χ2n) is 4.72. The molecule has 1 N–H and O–H groups in total. The van der Waals surface area contributed by atoms with Crippen molar-refractivity contribution in [2.45, 2.75) is 5.75 Å². The van der Waals surface area contributed by atoms with Crippen molar-refractivity contribution in [3.8, 4) is 0 Å². The quantitative estimate of drug-likeness (QED) is 0.467. The Hall–Kier alpha value is -2.05. The Bertz CT molecular complexity index is 695. The van der Waals surface area contributed by atoms with Gasteiger partial charge in [-0.2, -0.15) is 11.8 Å². The van der Waals surface area contributed by atoms with Crippen molar-refractivity contribution >= 4 is 35.0 Å². The van der Waals surface area contributed by atoms with Crippen molar-refractivity contribution in [3.63, 3.8) is 0 Å². The van der Waals surface area contributed by atoms with E-state index in [1.165, 1.54) is 23.8 Å². The number of thioether (sulfide) groups is 1. The third kappa shape index (κ3) is 5.26. The molecule has 2 aromatic rings.